The van der Waals surface area contributed by atoms with Crippen LogP contribution in [0.25, 0.3) is 0 Å². The number of hydrogen-bond donors (Lipinski definition) is 2. The maximum Gasteiger partial charge on any atom is 0.191 e. The fourth-order valence-corrected chi connectivity index (χ4v) is 3.60. The molecule has 0 aliphatic heterocycles. The summed E-state index contributed by atoms with van der Waals surface area (Å²) in [5.74, 6) is 1.29. The number of sulfone groups is 1. The zero-order chi connectivity index (χ0) is 22.1. The highest BCUT2D eigenvalue weighted by Crippen LogP contribution is 2.15. The number of benzene rings is 2. The van der Waals surface area contributed by atoms with Gasteiger partial charge in [0, 0.05) is 32.2 Å². The SMILES string of the molecule is CN=C(NCCOc1ccc(S(C)(=O)=O)cc1)NCc1ccccc1Cn1cccn1. The van der Waals surface area contributed by atoms with Gasteiger partial charge < -0.3 is 15.4 Å². The number of ether oxygens (including phenoxy) is 1. The lowest BCUT2D eigenvalue weighted by molar-refractivity contribution is 0.321. The van der Waals surface area contributed by atoms with Crippen molar-refractivity contribution in [2.24, 2.45) is 4.99 Å². The standard InChI is InChI=1S/C22H27N5O3S/c1-23-22(24-13-15-30-20-8-10-21(11-9-20)31(2,28)29)25-16-18-6-3-4-7-19(18)17-27-14-5-12-26-27/h3-12,14H,13,15-17H2,1-2H3,(H2,23,24,25). The van der Waals surface area contributed by atoms with Crippen molar-refractivity contribution in [3.05, 3.63) is 78.1 Å². The molecule has 0 fully saturated rings. The van der Waals surface area contributed by atoms with E-state index in [2.05, 4.69) is 32.9 Å². The molecule has 9 heteroatoms. The van der Waals surface area contributed by atoms with Crippen LogP contribution in [0.15, 0.2) is 76.9 Å². The van der Waals surface area contributed by atoms with E-state index in [0.717, 1.165) is 0 Å². The van der Waals surface area contributed by atoms with Crippen LogP contribution in [0, 0.1) is 0 Å². The molecular formula is C22H27N5O3S. The Kier molecular flexibility index (Phi) is 7.66. The molecule has 0 amide bonds. The zero-order valence-corrected chi connectivity index (χ0v) is 18.5. The second-order valence-electron chi connectivity index (χ2n) is 6.92. The highest BCUT2D eigenvalue weighted by Gasteiger charge is 2.07. The second-order valence-corrected chi connectivity index (χ2v) is 8.93. The maximum absolute atomic E-state index is 11.5. The predicted molar refractivity (Wildman–Crippen MR) is 121 cm³/mol. The monoisotopic (exact) mass is 441 g/mol. The molecule has 3 aromatic rings. The normalized spacial score (nSPS) is 11.9. The summed E-state index contributed by atoms with van der Waals surface area (Å²) in [5.41, 5.74) is 2.36. The van der Waals surface area contributed by atoms with Gasteiger partial charge in [0.05, 0.1) is 18.0 Å². The Morgan fingerprint density at radius 2 is 1.81 bits per heavy atom. The van der Waals surface area contributed by atoms with Gasteiger partial charge in [0.2, 0.25) is 0 Å². The Morgan fingerprint density at radius 3 is 2.45 bits per heavy atom. The fraction of sp³-hybridized carbons (Fsp3) is 0.273. The summed E-state index contributed by atoms with van der Waals surface area (Å²) in [4.78, 5) is 4.52. The van der Waals surface area contributed by atoms with Gasteiger partial charge in [-0.25, -0.2) is 8.42 Å². The zero-order valence-electron chi connectivity index (χ0n) is 17.7. The summed E-state index contributed by atoms with van der Waals surface area (Å²) in [6, 6.07) is 16.5. The molecule has 0 unspecified atom stereocenters. The number of nitrogens with one attached hydrogen (secondary N) is 2. The highest BCUT2D eigenvalue weighted by molar-refractivity contribution is 7.90. The average Bonchev–Trinajstić information content (AvgIpc) is 3.27. The molecular weight excluding hydrogens is 414 g/mol. The van der Waals surface area contributed by atoms with Gasteiger partial charge in [-0.05, 0) is 41.5 Å². The molecule has 31 heavy (non-hydrogen) atoms. The maximum atomic E-state index is 11.5. The topological polar surface area (TPSA) is 97.6 Å². The summed E-state index contributed by atoms with van der Waals surface area (Å²) < 4.78 is 30.6. The van der Waals surface area contributed by atoms with Gasteiger partial charge in [0.15, 0.2) is 15.8 Å². The molecule has 2 aromatic carbocycles. The van der Waals surface area contributed by atoms with Gasteiger partial charge >= 0.3 is 0 Å². The third-order valence-electron chi connectivity index (χ3n) is 4.59. The van der Waals surface area contributed by atoms with E-state index in [9.17, 15) is 8.42 Å². The first-order valence-corrected chi connectivity index (χ1v) is 11.8. The number of rotatable bonds is 9. The van der Waals surface area contributed by atoms with Crippen molar-refractivity contribution < 1.29 is 13.2 Å². The van der Waals surface area contributed by atoms with Gasteiger partial charge in [-0.1, -0.05) is 24.3 Å². The van der Waals surface area contributed by atoms with Crippen LogP contribution in [0.5, 0.6) is 5.75 Å². The molecule has 0 saturated heterocycles. The van der Waals surface area contributed by atoms with Crippen LogP contribution >= 0.6 is 0 Å². The quantitative estimate of drug-likeness (QED) is 0.300. The largest absolute Gasteiger partial charge is 0.492 e. The third kappa shape index (κ3) is 6.85. The molecule has 8 nitrogen and oxygen atoms in total. The number of guanidine groups is 1. The van der Waals surface area contributed by atoms with Crippen molar-refractivity contribution in [2.75, 3.05) is 26.5 Å². The fourth-order valence-electron chi connectivity index (χ4n) is 2.97. The minimum atomic E-state index is -3.20. The first-order chi connectivity index (χ1) is 15.0. The minimum absolute atomic E-state index is 0.274. The van der Waals surface area contributed by atoms with Gasteiger partial charge in [-0.2, -0.15) is 5.10 Å². The molecule has 3 rings (SSSR count). The summed E-state index contributed by atoms with van der Waals surface area (Å²) in [6.07, 6.45) is 4.90. The van der Waals surface area contributed by atoms with E-state index in [1.54, 1.807) is 37.5 Å². The predicted octanol–water partition coefficient (Wildman–Crippen LogP) is 2.08. The molecule has 0 radical (unpaired) electrons. The molecule has 0 saturated carbocycles. The van der Waals surface area contributed by atoms with Crippen LogP contribution in [-0.4, -0.2) is 50.6 Å². The van der Waals surface area contributed by atoms with Gasteiger partial charge in [0.1, 0.15) is 12.4 Å². The van der Waals surface area contributed by atoms with Gasteiger partial charge in [0.25, 0.3) is 0 Å². The molecule has 0 atom stereocenters. The molecule has 1 heterocycles. The lowest BCUT2D eigenvalue weighted by Crippen LogP contribution is -2.39. The van der Waals surface area contributed by atoms with Crippen molar-refractivity contribution >= 4 is 15.8 Å². The Labute approximate surface area is 182 Å². The van der Waals surface area contributed by atoms with Crippen LogP contribution in [-0.2, 0) is 22.9 Å². The van der Waals surface area contributed by atoms with Crippen molar-refractivity contribution in [3.63, 3.8) is 0 Å². The van der Waals surface area contributed by atoms with E-state index < -0.39 is 9.84 Å². The Bertz CT molecular complexity index is 1090. The number of nitrogens with zero attached hydrogens (tertiary/aromatic N) is 3. The van der Waals surface area contributed by atoms with Crippen LogP contribution in [0.2, 0.25) is 0 Å². The van der Waals surface area contributed by atoms with E-state index in [1.165, 1.54) is 17.4 Å². The van der Waals surface area contributed by atoms with E-state index >= 15 is 0 Å². The smallest absolute Gasteiger partial charge is 0.191 e. The molecule has 2 N–H and O–H groups in total. The van der Waals surface area contributed by atoms with Crippen LogP contribution in [0.4, 0.5) is 0 Å². The van der Waals surface area contributed by atoms with Crippen LogP contribution in [0.3, 0.4) is 0 Å². The average molecular weight is 442 g/mol. The van der Waals surface area contributed by atoms with Gasteiger partial charge in [-0.15, -0.1) is 0 Å². The first kappa shape index (κ1) is 22.4. The number of aliphatic imine (C=N–C) groups is 1. The van der Waals surface area contributed by atoms with Crippen molar-refractivity contribution in [1.29, 1.82) is 0 Å². The number of aromatic nitrogens is 2. The second kappa shape index (κ2) is 10.6. The van der Waals surface area contributed by atoms with Crippen molar-refractivity contribution in [2.45, 2.75) is 18.0 Å². The van der Waals surface area contributed by atoms with Crippen molar-refractivity contribution in [1.82, 2.24) is 20.4 Å². The van der Waals surface area contributed by atoms with Crippen LogP contribution < -0.4 is 15.4 Å². The van der Waals surface area contributed by atoms with Crippen molar-refractivity contribution in [3.8, 4) is 5.75 Å². The first-order valence-electron chi connectivity index (χ1n) is 9.87. The third-order valence-corrected chi connectivity index (χ3v) is 5.72. The Morgan fingerprint density at radius 1 is 1.06 bits per heavy atom. The van der Waals surface area contributed by atoms with Crippen LogP contribution in [0.1, 0.15) is 11.1 Å². The number of hydrogen-bond acceptors (Lipinski definition) is 5. The molecule has 164 valence electrons. The molecule has 0 aliphatic rings. The summed E-state index contributed by atoms with van der Waals surface area (Å²) in [7, 11) is -1.49. The molecule has 0 bridgehead atoms. The lowest BCUT2D eigenvalue weighted by atomic mass is 10.1. The molecule has 1 aromatic heterocycles. The summed E-state index contributed by atoms with van der Waals surface area (Å²) >= 11 is 0. The Balaban J connectivity index is 1.45. The minimum Gasteiger partial charge on any atom is -0.492 e. The Hall–Kier alpha value is -3.33. The van der Waals surface area contributed by atoms with E-state index in [0.29, 0.717) is 38.0 Å². The molecule has 0 spiro atoms. The lowest BCUT2D eigenvalue weighted by Gasteiger charge is -2.15. The summed E-state index contributed by atoms with van der Waals surface area (Å²) in [5, 5.41) is 10.8. The summed E-state index contributed by atoms with van der Waals surface area (Å²) in [6.45, 7) is 2.30. The molecule has 0 aliphatic carbocycles. The van der Waals surface area contributed by atoms with E-state index in [1.807, 2.05) is 29.1 Å². The highest BCUT2D eigenvalue weighted by atomic mass is 32.2. The van der Waals surface area contributed by atoms with E-state index in [-0.39, 0.29) is 4.90 Å². The van der Waals surface area contributed by atoms with E-state index in [4.69, 9.17) is 4.74 Å². The van der Waals surface area contributed by atoms with Gasteiger partial charge in [-0.3, -0.25) is 9.67 Å².